The fourth-order valence-corrected chi connectivity index (χ4v) is 3.22. The molecule has 0 spiro atoms. The van der Waals surface area contributed by atoms with Crippen LogP contribution in [0.4, 0.5) is 13.2 Å². The van der Waals surface area contributed by atoms with Crippen LogP contribution in [0.1, 0.15) is 32.6 Å². The summed E-state index contributed by atoms with van der Waals surface area (Å²) in [6.07, 6.45) is -3.35. The van der Waals surface area contributed by atoms with Gasteiger partial charge in [0.05, 0.1) is 12.2 Å². The first kappa shape index (κ1) is 13.8. The largest absolute Gasteiger partial charge is 0.390 e. The van der Waals surface area contributed by atoms with Crippen LogP contribution in [-0.2, 0) is 10.0 Å². The second-order valence-corrected chi connectivity index (χ2v) is 6.29. The van der Waals surface area contributed by atoms with E-state index < -0.39 is 28.4 Å². The van der Waals surface area contributed by atoms with Gasteiger partial charge in [-0.05, 0) is 25.2 Å². The summed E-state index contributed by atoms with van der Waals surface area (Å²) in [5, 5.41) is 0. The topological polar surface area (TPSA) is 46.2 Å². The number of alkyl halides is 3. The zero-order chi connectivity index (χ0) is 12.4. The standard InChI is InChI=1S/C9H16F3NO2S/c1-7-2-3-8(6-7)13-16(14,15)5-4-9(10,11)12/h7-8,13H,2-6H2,1H3/t7-,8+/m0/s1. The van der Waals surface area contributed by atoms with Crippen molar-refractivity contribution >= 4 is 10.0 Å². The average Bonchev–Trinajstić information content (AvgIpc) is 2.46. The molecule has 0 aromatic heterocycles. The molecule has 0 unspecified atom stereocenters. The van der Waals surface area contributed by atoms with Gasteiger partial charge in [-0.3, -0.25) is 0 Å². The molecule has 96 valence electrons. The van der Waals surface area contributed by atoms with E-state index in [0.29, 0.717) is 18.8 Å². The van der Waals surface area contributed by atoms with Crippen LogP contribution in [0.5, 0.6) is 0 Å². The highest BCUT2D eigenvalue weighted by Crippen LogP contribution is 2.25. The molecule has 1 aliphatic rings. The Kier molecular flexibility index (Phi) is 4.23. The first-order valence-corrected chi connectivity index (χ1v) is 6.90. The van der Waals surface area contributed by atoms with Gasteiger partial charge in [-0.2, -0.15) is 13.2 Å². The van der Waals surface area contributed by atoms with E-state index in [0.717, 1.165) is 6.42 Å². The van der Waals surface area contributed by atoms with Gasteiger partial charge in [0.1, 0.15) is 0 Å². The van der Waals surface area contributed by atoms with Crippen molar-refractivity contribution in [3.8, 4) is 0 Å². The summed E-state index contributed by atoms with van der Waals surface area (Å²) >= 11 is 0. The van der Waals surface area contributed by atoms with Crippen molar-refractivity contribution in [1.29, 1.82) is 0 Å². The molecule has 7 heteroatoms. The highest BCUT2D eigenvalue weighted by molar-refractivity contribution is 7.89. The molecule has 0 aliphatic heterocycles. The van der Waals surface area contributed by atoms with E-state index in [4.69, 9.17) is 0 Å². The maximum atomic E-state index is 11.9. The predicted octanol–water partition coefficient (Wildman–Crippen LogP) is 2.05. The zero-order valence-corrected chi connectivity index (χ0v) is 9.87. The number of hydrogen-bond donors (Lipinski definition) is 1. The average molecular weight is 259 g/mol. The van der Waals surface area contributed by atoms with E-state index in [1.165, 1.54) is 0 Å². The summed E-state index contributed by atoms with van der Waals surface area (Å²) in [6, 6.07) is -0.187. The summed E-state index contributed by atoms with van der Waals surface area (Å²) < 4.78 is 60.6. The molecular formula is C9H16F3NO2S. The minimum atomic E-state index is -4.42. The number of rotatable bonds is 4. The van der Waals surface area contributed by atoms with Crippen LogP contribution in [-0.4, -0.2) is 26.4 Å². The Morgan fingerprint density at radius 3 is 2.38 bits per heavy atom. The number of sulfonamides is 1. The summed E-state index contributed by atoms with van der Waals surface area (Å²) in [4.78, 5) is 0. The van der Waals surface area contributed by atoms with E-state index in [2.05, 4.69) is 4.72 Å². The molecule has 1 rings (SSSR count). The maximum absolute atomic E-state index is 11.9. The normalized spacial score (nSPS) is 27.2. The second-order valence-electron chi connectivity index (χ2n) is 4.42. The monoisotopic (exact) mass is 259 g/mol. The lowest BCUT2D eigenvalue weighted by atomic mass is 10.1. The SMILES string of the molecule is C[C@H]1CC[C@@H](NS(=O)(=O)CCC(F)(F)F)C1. The maximum Gasteiger partial charge on any atom is 0.390 e. The van der Waals surface area contributed by atoms with Crippen molar-refractivity contribution in [3.63, 3.8) is 0 Å². The molecule has 1 saturated carbocycles. The van der Waals surface area contributed by atoms with Gasteiger partial charge in [-0.15, -0.1) is 0 Å². The van der Waals surface area contributed by atoms with Crippen LogP contribution in [0.15, 0.2) is 0 Å². The second kappa shape index (κ2) is 4.91. The van der Waals surface area contributed by atoms with Gasteiger partial charge >= 0.3 is 6.18 Å². The molecule has 0 aromatic carbocycles. The van der Waals surface area contributed by atoms with Crippen LogP contribution in [0.3, 0.4) is 0 Å². The lowest BCUT2D eigenvalue weighted by Gasteiger charge is -2.13. The van der Waals surface area contributed by atoms with E-state index >= 15 is 0 Å². The van der Waals surface area contributed by atoms with Gasteiger partial charge < -0.3 is 0 Å². The van der Waals surface area contributed by atoms with Gasteiger partial charge in [0, 0.05) is 6.04 Å². The quantitative estimate of drug-likeness (QED) is 0.840. The van der Waals surface area contributed by atoms with Gasteiger partial charge in [-0.25, -0.2) is 13.1 Å². The summed E-state index contributed by atoms with van der Waals surface area (Å²) in [5.74, 6) is -0.434. The van der Waals surface area contributed by atoms with E-state index in [1.807, 2.05) is 6.92 Å². The molecular weight excluding hydrogens is 243 g/mol. The zero-order valence-electron chi connectivity index (χ0n) is 9.05. The van der Waals surface area contributed by atoms with Crippen LogP contribution >= 0.6 is 0 Å². The fourth-order valence-electron chi connectivity index (χ4n) is 1.88. The van der Waals surface area contributed by atoms with Gasteiger partial charge in [0.2, 0.25) is 10.0 Å². The summed E-state index contributed by atoms with van der Waals surface area (Å²) in [7, 11) is -3.79. The van der Waals surface area contributed by atoms with Gasteiger partial charge in [-0.1, -0.05) is 6.92 Å². The lowest BCUT2D eigenvalue weighted by Crippen LogP contribution is -2.35. The number of hydrogen-bond acceptors (Lipinski definition) is 2. The molecule has 0 amide bonds. The smallest absolute Gasteiger partial charge is 0.212 e. The number of nitrogens with one attached hydrogen (secondary N) is 1. The Labute approximate surface area is 93.5 Å². The molecule has 0 heterocycles. The van der Waals surface area contributed by atoms with Crippen molar-refractivity contribution in [2.24, 2.45) is 5.92 Å². The van der Waals surface area contributed by atoms with E-state index in [-0.39, 0.29) is 6.04 Å². The predicted molar refractivity (Wildman–Crippen MR) is 54.4 cm³/mol. The molecule has 0 radical (unpaired) electrons. The Balaban J connectivity index is 2.40. The first-order chi connectivity index (χ1) is 7.18. The Bertz CT molecular complexity index is 326. The highest BCUT2D eigenvalue weighted by atomic mass is 32.2. The molecule has 0 bridgehead atoms. The Hall–Kier alpha value is -0.300. The lowest BCUT2D eigenvalue weighted by molar-refractivity contribution is -0.130. The third-order valence-corrected chi connectivity index (χ3v) is 4.13. The van der Waals surface area contributed by atoms with Crippen molar-refractivity contribution in [2.45, 2.75) is 44.8 Å². The van der Waals surface area contributed by atoms with Gasteiger partial charge in [0.25, 0.3) is 0 Å². The van der Waals surface area contributed by atoms with E-state index in [1.54, 1.807) is 0 Å². The fraction of sp³-hybridized carbons (Fsp3) is 1.00. The Morgan fingerprint density at radius 2 is 1.94 bits per heavy atom. The Morgan fingerprint density at radius 1 is 1.31 bits per heavy atom. The van der Waals surface area contributed by atoms with Crippen LogP contribution in [0, 0.1) is 5.92 Å². The van der Waals surface area contributed by atoms with Crippen molar-refractivity contribution in [2.75, 3.05) is 5.75 Å². The first-order valence-electron chi connectivity index (χ1n) is 5.25. The number of halogens is 3. The van der Waals surface area contributed by atoms with Crippen LogP contribution < -0.4 is 4.72 Å². The molecule has 2 atom stereocenters. The van der Waals surface area contributed by atoms with Crippen LogP contribution in [0.25, 0.3) is 0 Å². The molecule has 1 aliphatic carbocycles. The summed E-state index contributed by atoms with van der Waals surface area (Å²) in [5.41, 5.74) is 0. The van der Waals surface area contributed by atoms with Gasteiger partial charge in [0.15, 0.2) is 0 Å². The summed E-state index contributed by atoms with van der Waals surface area (Å²) in [6.45, 7) is 2.00. The highest BCUT2D eigenvalue weighted by Gasteiger charge is 2.31. The minimum absolute atomic E-state index is 0.187. The third kappa shape index (κ3) is 5.16. The van der Waals surface area contributed by atoms with Crippen molar-refractivity contribution in [3.05, 3.63) is 0 Å². The molecule has 1 fully saturated rings. The molecule has 0 saturated heterocycles. The molecule has 0 aromatic rings. The van der Waals surface area contributed by atoms with E-state index in [9.17, 15) is 21.6 Å². The van der Waals surface area contributed by atoms with Crippen molar-refractivity contribution < 1.29 is 21.6 Å². The molecule has 3 nitrogen and oxygen atoms in total. The van der Waals surface area contributed by atoms with Crippen molar-refractivity contribution in [1.82, 2.24) is 4.72 Å². The third-order valence-electron chi connectivity index (χ3n) is 2.70. The minimum Gasteiger partial charge on any atom is -0.212 e. The van der Waals surface area contributed by atoms with Crippen LogP contribution in [0.2, 0.25) is 0 Å². The molecule has 1 N–H and O–H groups in total. The molecule has 16 heavy (non-hydrogen) atoms.